The molecule has 98 valence electrons. The Morgan fingerprint density at radius 1 is 1.17 bits per heavy atom. The molecule has 0 saturated heterocycles. The summed E-state index contributed by atoms with van der Waals surface area (Å²) in [5, 5.41) is 0. The molecule has 0 amide bonds. The molecule has 0 aliphatic heterocycles. The minimum atomic E-state index is -0.249. The fourth-order valence-electron chi connectivity index (χ4n) is 3.40. The zero-order chi connectivity index (χ0) is 12.6. The molecular weight excluding hydrogens is 295 g/mol. The molecule has 3 rings (SSSR count). The quantitative estimate of drug-likeness (QED) is 0.720. The van der Waals surface area contributed by atoms with Gasteiger partial charge in [0.2, 0.25) is 0 Å². The molecule has 2 aliphatic carbocycles. The molecule has 18 heavy (non-hydrogen) atoms. The zero-order valence-corrected chi connectivity index (χ0v) is 12.0. The summed E-state index contributed by atoms with van der Waals surface area (Å²) in [5.74, 6) is 0.160. The highest BCUT2D eigenvalue weighted by Crippen LogP contribution is 2.56. The number of halogens is 2. The molecule has 0 aromatic heterocycles. The first kappa shape index (κ1) is 12.5. The van der Waals surface area contributed by atoms with Crippen molar-refractivity contribution in [2.45, 2.75) is 49.5 Å². The molecule has 0 heterocycles. The van der Waals surface area contributed by atoms with E-state index in [1.54, 1.807) is 12.1 Å². The Kier molecular flexibility index (Phi) is 3.35. The number of ether oxygens (including phenoxy) is 1. The average Bonchev–Trinajstić information content (AvgIpc) is 2.41. The lowest BCUT2D eigenvalue weighted by atomic mass is 9.58. The molecule has 2 unspecified atom stereocenters. The standard InChI is InChI=1S/C15H18BrFO/c16-13-10-14(15(13)8-4-1-5-9-15)18-12-7-3-2-6-11(12)17/h2-3,6-7,13-14H,1,4-5,8-10H2. The summed E-state index contributed by atoms with van der Waals surface area (Å²) in [7, 11) is 0. The van der Waals surface area contributed by atoms with Crippen molar-refractivity contribution in [3.63, 3.8) is 0 Å². The fraction of sp³-hybridized carbons (Fsp3) is 0.600. The molecule has 2 aliphatic rings. The van der Waals surface area contributed by atoms with Crippen LogP contribution in [-0.2, 0) is 0 Å². The van der Waals surface area contributed by atoms with E-state index in [-0.39, 0.29) is 17.3 Å². The van der Waals surface area contributed by atoms with Crippen molar-refractivity contribution in [1.82, 2.24) is 0 Å². The van der Waals surface area contributed by atoms with E-state index in [9.17, 15) is 4.39 Å². The van der Waals surface area contributed by atoms with Gasteiger partial charge < -0.3 is 4.74 Å². The van der Waals surface area contributed by atoms with Crippen molar-refractivity contribution < 1.29 is 9.13 Å². The van der Waals surface area contributed by atoms with Crippen LogP contribution in [0.25, 0.3) is 0 Å². The Labute approximate surface area is 116 Å². The Hall–Kier alpha value is -0.570. The minimum absolute atomic E-state index is 0.180. The van der Waals surface area contributed by atoms with Gasteiger partial charge in [-0.15, -0.1) is 0 Å². The van der Waals surface area contributed by atoms with Crippen LogP contribution in [0.2, 0.25) is 0 Å². The van der Waals surface area contributed by atoms with Crippen molar-refractivity contribution in [2.24, 2.45) is 5.41 Å². The Morgan fingerprint density at radius 2 is 1.89 bits per heavy atom. The van der Waals surface area contributed by atoms with Gasteiger partial charge in [0.25, 0.3) is 0 Å². The topological polar surface area (TPSA) is 9.23 Å². The van der Waals surface area contributed by atoms with Gasteiger partial charge in [-0.05, 0) is 31.4 Å². The summed E-state index contributed by atoms with van der Waals surface area (Å²) in [4.78, 5) is 0.544. The van der Waals surface area contributed by atoms with Crippen molar-refractivity contribution in [3.05, 3.63) is 30.1 Å². The lowest BCUT2D eigenvalue weighted by Gasteiger charge is -2.55. The number of rotatable bonds is 2. The van der Waals surface area contributed by atoms with Crippen LogP contribution >= 0.6 is 15.9 Å². The van der Waals surface area contributed by atoms with Gasteiger partial charge in [-0.2, -0.15) is 0 Å². The number of para-hydroxylation sites is 1. The summed E-state index contributed by atoms with van der Waals surface area (Å²) in [6, 6.07) is 6.73. The monoisotopic (exact) mass is 312 g/mol. The van der Waals surface area contributed by atoms with Crippen LogP contribution in [0, 0.1) is 11.2 Å². The first-order valence-corrected chi connectivity index (χ1v) is 7.69. The Bertz CT molecular complexity index is 428. The molecule has 2 atom stereocenters. The predicted molar refractivity (Wildman–Crippen MR) is 73.7 cm³/mol. The molecule has 0 bridgehead atoms. The van der Waals surface area contributed by atoms with Gasteiger partial charge in [0.05, 0.1) is 0 Å². The summed E-state index contributed by atoms with van der Waals surface area (Å²) in [6.07, 6.45) is 7.48. The summed E-state index contributed by atoms with van der Waals surface area (Å²) >= 11 is 3.78. The zero-order valence-electron chi connectivity index (χ0n) is 10.4. The van der Waals surface area contributed by atoms with E-state index in [0.29, 0.717) is 10.6 Å². The van der Waals surface area contributed by atoms with Crippen LogP contribution in [0.3, 0.4) is 0 Å². The highest BCUT2D eigenvalue weighted by atomic mass is 79.9. The lowest BCUT2D eigenvalue weighted by Crippen LogP contribution is -2.57. The van der Waals surface area contributed by atoms with E-state index >= 15 is 0 Å². The molecule has 0 radical (unpaired) electrons. The molecule has 1 spiro atoms. The maximum absolute atomic E-state index is 13.6. The molecular formula is C15H18BrFO. The summed E-state index contributed by atoms with van der Waals surface area (Å²) in [5.41, 5.74) is 0.251. The summed E-state index contributed by atoms with van der Waals surface area (Å²) < 4.78 is 19.6. The van der Waals surface area contributed by atoms with Gasteiger partial charge in [-0.1, -0.05) is 47.3 Å². The van der Waals surface area contributed by atoms with E-state index < -0.39 is 0 Å². The van der Waals surface area contributed by atoms with E-state index in [4.69, 9.17) is 4.74 Å². The normalized spacial score (nSPS) is 29.9. The lowest BCUT2D eigenvalue weighted by molar-refractivity contribution is -0.0617. The number of hydrogen-bond donors (Lipinski definition) is 0. The van der Waals surface area contributed by atoms with Crippen molar-refractivity contribution in [2.75, 3.05) is 0 Å². The third kappa shape index (κ3) is 1.97. The van der Waals surface area contributed by atoms with E-state index in [1.807, 2.05) is 6.07 Å². The largest absolute Gasteiger partial charge is 0.487 e. The fourth-order valence-corrected chi connectivity index (χ4v) is 4.50. The van der Waals surface area contributed by atoms with Crippen molar-refractivity contribution in [1.29, 1.82) is 0 Å². The van der Waals surface area contributed by atoms with Crippen LogP contribution in [0.15, 0.2) is 24.3 Å². The second-order valence-electron chi connectivity index (χ2n) is 5.53. The minimum Gasteiger partial charge on any atom is -0.487 e. The van der Waals surface area contributed by atoms with Gasteiger partial charge >= 0.3 is 0 Å². The highest BCUT2D eigenvalue weighted by Gasteiger charge is 2.55. The second kappa shape index (κ2) is 4.84. The number of benzene rings is 1. The first-order valence-electron chi connectivity index (χ1n) is 6.78. The van der Waals surface area contributed by atoms with Crippen LogP contribution in [0.4, 0.5) is 4.39 Å². The first-order chi connectivity index (χ1) is 8.72. The van der Waals surface area contributed by atoms with Gasteiger partial charge in [-0.3, -0.25) is 0 Å². The molecule has 1 nitrogen and oxygen atoms in total. The summed E-state index contributed by atoms with van der Waals surface area (Å²) in [6.45, 7) is 0. The average molecular weight is 313 g/mol. The maximum atomic E-state index is 13.6. The number of hydrogen-bond acceptors (Lipinski definition) is 1. The van der Waals surface area contributed by atoms with Crippen molar-refractivity contribution >= 4 is 15.9 Å². The van der Waals surface area contributed by atoms with Crippen LogP contribution < -0.4 is 4.74 Å². The molecule has 2 fully saturated rings. The third-order valence-electron chi connectivity index (χ3n) is 4.58. The smallest absolute Gasteiger partial charge is 0.165 e. The molecule has 1 aromatic carbocycles. The Balaban J connectivity index is 1.75. The highest BCUT2D eigenvalue weighted by molar-refractivity contribution is 9.09. The van der Waals surface area contributed by atoms with Crippen molar-refractivity contribution in [3.8, 4) is 5.75 Å². The third-order valence-corrected chi connectivity index (χ3v) is 5.86. The Morgan fingerprint density at radius 3 is 2.56 bits per heavy atom. The molecule has 1 aromatic rings. The van der Waals surface area contributed by atoms with Crippen LogP contribution in [0.5, 0.6) is 5.75 Å². The SMILES string of the molecule is Fc1ccccc1OC1CC(Br)C12CCCCC2. The van der Waals surface area contributed by atoms with Gasteiger partial charge in [-0.25, -0.2) is 4.39 Å². The molecule has 2 saturated carbocycles. The van der Waals surface area contributed by atoms with E-state index in [0.717, 1.165) is 6.42 Å². The van der Waals surface area contributed by atoms with E-state index in [2.05, 4.69) is 15.9 Å². The molecule has 3 heteroatoms. The van der Waals surface area contributed by atoms with Gasteiger partial charge in [0.1, 0.15) is 6.10 Å². The predicted octanol–water partition coefficient (Wildman–Crippen LogP) is 4.69. The van der Waals surface area contributed by atoms with E-state index in [1.165, 1.54) is 38.2 Å². The maximum Gasteiger partial charge on any atom is 0.165 e. The van der Waals surface area contributed by atoms with Crippen LogP contribution in [-0.4, -0.2) is 10.9 Å². The number of alkyl halides is 1. The van der Waals surface area contributed by atoms with Gasteiger partial charge in [0, 0.05) is 10.2 Å². The second-order valence-corrected chi connectivity index (χ2v) is 6.64. The van der Waals surface area contributed by atoms with Gasteiger partial charge in [0.15, 0.2) is 11.6 Å². The van der Waals surface area contributed by atoms with Crippen LogP contribution in [0.1, 0.15) is 38.5 Å². The molecule has 0 N–H and O–H groups in total.